The van der Waals surface area contributed by atoms with E-state index >= 15 is 0 Å². The second-order valence-corrected chi connectivity index (χ2v) is 14.4. The lowest BCUT2D eigenvalue weighted by atomic mass is 9.45. The molecule has 8 atom stereocenters. The zero-order chi connectivity index (χ0) is 33.6. The van der Waals surface area contributed by atoms with Crippen LogP contribution in [0.5, 0.6) is 5.75 Å². The number of ether oxygens (including phenoxy) is 2. The van der Waals surface area contributed by atoms with E-state index in [9.17, 15) is 24.9 Å². The molecule has 11 heteroatoms. The summed E-state index contributed by atoms with van der Waals surface area (Å²) in [6, 6.07) is 10.1. The van der Waals surface area contributed by atoms with Crippen LogP contribution in [0.3, 0.4) is 0 Å². The highest BCUT2D eigenvalue weighted by atomic mass is 16.7. The number of carbonyl (C=O) groups is 2. The third-order valence-corrected chi connectivity index (χ3v) is 11.5. The molecule has 0 radical (unpaired) electrons. The summed E-state index contributed by atoms with van der Waals surface area (Å²) in [5.41, 5.74) is 3.34. The molecule has 2 aliphatic heterocycles. The molecule has 11 nitrogen and oxygen atoms in total. The maximum atomic E-state index is 14.1. The van der Waals surface area contributed by atoms with Crippen LogP contribution in [0.2, 0.25) is 0 Å². The van der Waals surface area contributed by atoms with Crippen molar-refractivity contribution in [3.05, 3.63) is 47.5 Å². The van der Waals surface area contributed by atoms with Crippen LogP contribution in [-0.4, -0.2) is 96.6 Å². The smallest absolute Gasteiger partial charge is 0.335 e. The molecule has 5 aliphatic rings. The number of aliphatic hydroxyl groups excluding tert-OH is 2. The minimum atomic E-state index is -1.02. The van der Waals surface area contributed by atoms with Gasteiger partial charge < -0.3 is 35.0 Å². The molecule has 5 fully saturated rings. The predicted octanol–water partition coefficient (Wildman–Crippen LogP) is 3.56. The monoisotopic (exact) mass is 651 g/mol. The van der Waals surface area contributed by atoms with E-state index in [4.69, 9.17) is 14.3 Å². The van der Waals surface area contributed by atoms with E-state index in [-0.39, 0.29) is 36.1 Å². The van der Waals surface area contributed by atoms with Crippen LogP contribution in [0.15, 0.2) is 36.4 Å². The average Bonchev–Trinajstić information content (AvgIpc) is 3.44. The molecular formula is C36H49N3O8. The molecule has 1 amide bonds. The first-order valence-electron chi connectivity index (χ1n) is 16.8. The summed E-state index contributed by atoms with van der Waals surface area (Å²) in [7, 11) is 1.56. The van der Waals surface area contributed by atoms with Crippen molar-refractivity contribution in [2.75, 3.05) is 44.9 Å². The summed E-state index contributed by atoms with van der Waals surface area (Å²) >= 11 is 0. The molecule has 47 heavy (non-hydrogen) atoms. The standard InChI is InChI=1S/C36H49N3O8/c1-20-28-16-25(36(28,3)4)17-29(20)37-34(42)32-31(21(2)41)30(19-40)47-39(32)18-22-7-6-8-27(33(22)45-5)23-13-24(35(43)44)15-26(14-23)38-9-11-46-12-10-38/h6-8,13-15,20-21,25,28-32,40-41H,9-12,16-19H2,1-5H3,(H,37,42)(H,43,44)/t20-,21-,25+,28-,29-,30-,31+,32-/m0/s1. The maximum Gasteiger partial charge on any atom is 0.335 e. The molecule has 2 saturated heterocycles. The Kier molecular flexibility index (Phi) is 9.57. The second kappa shape index (κ2) is 13.4. The first-order valence-corrected chi connectivity index (χ1v) is 16.8. The molecule has 2 aromatic rings. The first kappa shape index (κ1) is 33.7. The van der Waals surface area contributed by atoms with Crippen LogP contribution in [0.4, 0.5) is 5.69 Å². The number of amides is 1. The number of carboxylic acid groups (broad SMARTS) is 1. The summed E-state index contributed by atoms with van der Waals surface area (Å²) in [5, 5.41) is 35.9. The van der Waals surface area contributed by atoms with Crippen molar-refractivity contribution in [1.82, 2.24) is 10.4 Å². The van der Waals surface area contributed by atoms with Gasteiger partial charge in [0, 0.05) is 41.9 Å². The Morgan fingerprint density at radius 3 is 2.51 bits per heavy atom. The molecular weight excluding hydrogens is 602 g/mol. The number of carboxylic acids is 1. The summed E-state index contributed by atoms with van der Waals surface area (Å²) in [5.74, 6) is 0.0746. The number of benzene rings is 2. The van der Waals surface area contributed by atoms with Crippen molar-refractivity contribution >= 4 is 17.6 Å². The van der Waals surface area contributed by atoms with E-state index in [1.165, 1.54) is 6.42 Å². The van der Waals surface area contributed by atoms with Gasteiger partial charge in [0.25, 0.3) is 0 Å². The number of nitrogens with zero attached hydrogens (tertiary/aromatic N) is 2. The maximum absolute atomic E-state index is 14.1. The molecule has 3 aliphatic carbocycles. The van der Waals surface area contributed by atoms with Crippen molar-refractivity contribution < 1.29 is 39.2 Å². The Balaban J connectivity index is 1.30. The summed E-state index contributed by atoms with van der Waals surface area (Å²) in [4.78, 5) is 34.6. The SMILES string of the molecule is COc1c(CN2O[C@@H](CO)[C@@H]([C@H](C)O)[C@H]2C(=O)N[C@H]2C[C@H]3C[C@@H]([C@@H]2C)C3(C)C)cccc1-c1cc(C(=O)O)cc(N2CCOCC2)c1. The second-order valence-electron chi connectivity index (χ2n) is 14.4. The van der Waals surface area contributed by atoms with Crippen LogP contribution >= 0.6 is 0 Å². The average molecular weight is 652 g/mol. The van der Waals surface area contributed by atoms with Crippen molar-refractivity contribution in [1.29, 1.82) is 0 Å². The first-order chi connectivity index (χ1) is 22.4. The number of anilines is 1. The lowest BCUT2D eigenvalue weighted by molar-refractivity contribution is -0.183. The van der Waals surface area contributed by atoms with Crippen molar-refractivity contribution in [2.45, 2.75) is 71.4 Å². The number of rotatable bonds is 10. The zero-order valence-electron chi connectivity index (χ0n) is 28.0. The van der Waals surface area contributed by atoms with Crippen molar-refractivity contribution in [2.24, 2.45) is 29.1 Å². The minimum Gasteiger partial charge on any atom is -0.496 e. The molecule has 3 saturated carbocycles. The number of aromatic carboxylic acids is 1. The van der Waals surface area contributed by atoms with Gasteiger partial charge in [-0.15, -0.1) is 0 Å². The highest BCUT2D eigenvalue weighted by Crippen LogP contribution is 2.61. The van der Waals surface area contributed by atoms with Gasteiger partial charge >= 0.3 is 5.97 Å². The number of methoxy groups -OCH3 is 1. The highest BCUT2D eigenvalue weighted by Gasteiger charge is 2.57. The normalized spacial score (nSPS) is 30.8. The summed E-state index contributed by atoms with van der Waals surface area (Å²) in [6.07, 6.45) is 0.445. The lowest BCUT2D eigenvalue weighted by Gasteiger charge is -2.62. The van der Waals surface area contributed by atoms with E-state index in [1.807, 2.05) is 24.3 Å². The van der Waals surface area contributed by atoms with Gasteiger partial charge in [-0.2, -0.15) is 5.06 Å². The van der Waals surface area contributed by atoms with Crippen LogP contribution in [-0.2, 0) is 20.9 Å². The summed E-state index contributed by atoms with van der Waals surface area (Å²) in [6.45, 7) is 10.7. The van der Waals surface area contributed by atoms with Crippen molar-refractivity contribution in [3.8, 4) is 16.9 Å². The highest BCUT2D eigenvalue weighted by molar-refractivity contribution is 5.92. The molecule has 256 valence electrons. The topological polar surface area (TPSA) is 141 Å². The number of aliphatic hydroxyl groups is 2. The van der Waals surface area contributed by atoms with E-state index in [0.29, 0.717) is 66.5 Å². The predicted molar refractivity (Wildman–Crippen MR) is 176 cm³/mol. The number of nitrogens with one attached hydrogen (secondary N) is 1. The molecule has 0 spiro atoms. The van der Waals surface area contributed by atoms with Crippen LogP contribution in [0.1, 0.15) is 56.5 Å². The van der Waals surface area contributed by atoms with Gasteiger partial charge in [0.05, 0.1) is 45.1 Å². The number of carbonyl (C=O) groups excluding carboxylic acids is 1. The largest absolute Gasteiger partial charge is 0.496 e. The van der Waals surface area contributed by atoms with Gasteiger partial charge in [-0.25, -0.2) is 4.79 Å². The Morgan fingerprint density at radius 2 is 1.89 bits per heavy atom. The van der Waals surface area contributed by atoms with Gasteiger partial charge in [-0.3, -0.25) is 9.63 Å². The Labute approximate surface area is 276 Å². The molecule has 2 bridgehead atoms. The number of hydrogen-bond acceptors (Lipinski definition) is 9. The molecule has 0 unspecified atom stereocenters. The van der Waals surface area contributed by atoms with Gasteiger partial charge in [-0.05, 0) is 66.7 Å². The molecule has 2 heterocycles. The van der Waals surface area contributed by atoms with Crippen LogP contribution < -0.4 is 15.0 Å². The fourth-order valence-electron chi connectivity index (χ4n) is 8.72. The third-order valence-electron chi connectivity index (χ3n) is 11.5. The number of hydrogen-bond donors (Lipinski definition) is 4. The van der Waals surface area contributed by atoms with E-state index in [1.54, 1.807) is 31.2 Å². The lowest BCUT2D eigenvalue weighted by Crippen LogP contribution is -2.62. The number of morpholine rings is 1. The quantitative estimate of drug-likeness (QED) is 0.302. The van der Waals surface area contributed by atoms with Crippen LogP contribution in [0, 0.1) is 29.1 Å². The summed E-state index contributed by atoms with van der Waals surface area (Å²) < 4.78 is 11.5. The zero-order valence-corrected chi connectivity index (χ0v) is 28.0. The van der Waals surface area contributed by atoms with E-state index < -0.39 is 30.1 Å². The third kappa shape index (κ3) is 6.24. The van der Waals surface area contributed by atoms with Gasteiger partial charge in [0.2, 0.25) is 5.91 Å². The Morgan fingerprint density at radius 1 is 1.15 bits per heavy atom. The fraction of sp³-hybridized carbons (Fsp3) is 0.611. The van der Waals surface area contributed by atoms with Gasteiger partial charge in [0.1, 0.15) is 17.9 Å². The van der Waals surface area contributed by atoms with E-state index in [2.05, 4.69) is 31.0 Å². The number of fused-ring (bicyclic) bond motifs is 2. The number of para-hydroxylation sites is 1. The molecule has 7 rings (SSSR count). The molecule has 4 N–H and O–H groups in total. The fourth-order valence-corrected chi connectivity index (χ4v) is 8.72. The molecule has 2 aromatic carbocycles. The Hall–Kier alpha value is -3.22. The van der Waals surface area contributed by atoms with E-state index in [0.717, 1.165) is 12.1 Å². The van der Waals surface area contributed by atoms with Gasteiger partial charge in [0.15, 0.2) is 0 Å². The van der Waals surface area contributed by atoms with Crippen LogP contribution in [0.25, 0.3) is 11.1 Å². The van der Waals surface area contributed by atoms with Crippen molar-refractivity contribution in [3.63, 3.8) is 0 Å². The number of hydroxylamine groups is 2. The molecule has 0 aromatic heterocycles. The Bertz CT molecular complexity index is 1470. The van der Waals surface area contributed by atoms with Gasteiger partial charge in [-0.1, -0.05) is 39.0 Å². The minimum absolute atomic E-state index is 0.0315.